The second kappa shape index (κ2) is 10.8. The van der Waals surface area contributed by atoms with Gasteiger partial charge in [0.15, 0.2) is 23.0 Å². The molecular formula is C20H25N3O6. The highest BCUT2D eigenvalue weighted by atomic mass is 16.3. The van der Waals surface area contributed by atoms with Crippen molar-refractivity contribution in [1.82, 2.24) is 16.0 Å². The number of nitrogens with one attached hydrogen (secondary N) is 3. The third-order valence-corrected chi connectivity index (χ3v) is 4.15. The molecular weight excluding hydrogens is 378 g/mol. The summed E-state index contributed by atoms with van der Waals surface area (Å²) in [6.07, 6.45) is 1.32. The molecule has 2 aromatic rings. The van der Waals surface area contributed by atoms with Gasteiger partial charge in [-0.2, -0.15) is 0 Å². The van der Waals surface area contributed by atoms with Gasteiger partial charge >= 0.3 is 0 Å². The number of phenolic OH excluding ortho intramolecular Hbond substituents is 4. The van der Waals surface area contributed by atoms with Crippen LogP contribution in [0, 0.1) is 0 Å². The van der Waals surface area contributed by atoms with E-state index in [1.165, 1.54) is 36.4 Å². The fourth-order valence-corrected chi connectivity index (χ4v) is 2.58. The van der Waals surface area contributed by atoms with E-state index in [0.29, 0.717) is 39.0 Å². The van der Waals surface area contributed by atoms with Gasteiger partial charge in [-0.3, -0.25) is 9.59 Å². The molecule has 0 aliphatic carbocycles. The second-order valence-corrected chi connectivity index (χ2v) is 6.32. The summed E-state index contributed by atoms with van der Waals surface area (Å²) in [4.78, 5) is 23.9. The van der Waals surface area contributed by atoms with E-state index in [1.54, 1.807) is 0 Å². The summed E-state index contributed by atoms with van der Waals surface area (Å²) in [6.45, 7) is 2.09. The van der Waals surface area contributed by atoms with Gasteiger partial charge in [0, 0.05) is 13.1 Å². The molecule has 0 saturated heterocycles. The molecule has 0 bridgehead atoms. The Morgan fingerprint density at radius 2 is 1.07 bits per heavy atom. The fourth-order valence-electron chi connectivity index (χ4n) is 2.58. The van der Waals surface area contributed by atoms with Crippen molar-refractivity contribution in [2.75, 3.05) is 26.2 Å². The van der Waals surface area contributed by atoms with Crippen molar-refractivity contribution < 1.29 is 30.0 Å². The summed E-state index contributed by atoms with van der Waals surface area (Å²) in [6, 6.07) is 8.40. The first-order valence-electron chi connectivity index (χ1n) is 9.20. The summed E-state index contributed by atoms with van der Waals surface area (Å²) in [7, 11) is 0. The van der Waals surface area contributed by atoms with Crippen molar-refractivity contribution in [3.8, 4) is 23.0 Å². The van der Waals surface area contributed by atoms with E-state index >= 15 is 0 Å². The Balaban J connectivity index is 1.55. The average molecular weight is 403 g/mol. The van der Waals surface area contributed by atoms with E-state index in [2.05, 4.69) is 16.0 Å². The van der Waals surface area contributed by atoms with E-state index in [0.717, 1.165) is 0 Å². The van der Waals surface area contributed by atoms with Gasteiger partial charge in [-0.05, 0) is 50.2 Å². The molecule has 0 aromatic heterocycles. The number of hydrogen-bond acceptors (Lipinski definition) is 7. The van der Waals surface area contributed by atoms with Gasteiger partial charge in [0.1, 0.15) is 0 Å². The number of carbonyl (C=O) groups is 2. The van der Waals surface area contributed by atoms with Crippen LogP contribution in [0.5, 0.6) is 23.0 Å². The molecule has 0 spiro atoms. The van der Waals surface area contributed by atoms with Gasteiger partial charge in [-0.15, -0.1) is 0 Å². The number of rotatable bonds is 10. The first-order valence-corrected chi connectivity index (χ1v) is 9.20. The molecule has 0 unspecified atom stereocenters. The molecule has 0 aliphatic heterocycles. The third kappa shape index (κ3) is 6.28. The highest BCUT2D eigenvalue weighted by molar-refractivity contribution is 5.98. The van der Waals surface area contributed by atoms with Gasteiger partial charge in [0.25, 0.3) is 11.8 Å². The quantitative estimate of drug-likeness (QED) is 0.231. The molecule has 2 aromatic carbocycles. The lowest BCUT2D eigenvalue weighted by atomic mass is 10.1. The van der Waals surface area contributed by atoms with Gasteiger partial charge in [0.2, 0.25) is 0 Å². The molecule has 2 amide bonds. The van der Waals surface area contributed by atoms with Crippen LogP contribution in [-0.2, 0) is 0 Å². The molecule has 0 heterocycles. The van der Waals surface area contributed by atoms with Crippen molar-refractivity contribution in [3.63, 3.8) is 0 Å². The molecule has 2 rings (SSSR count). The molecule has 0 aliphatic rings. The maximum Gasteiger partial charge on any atom is 0.255 e. The summed E-state index contributed by atoms with van der Waals surface area (Å²) in [5, 5.41) is 46.6. The van der Waals surface area contributed by atoms with E-state index in [1.807, 2.05) is 0 Å². The minimum atomic E-state index is -0.462. The molecule has 9 heteroatoms. The standard InChI is InChI=1S/C20H25N3O6/c24-15-7-1-5-13(17(15)26)19(28)22-11-3-9-21-10-4-12-23-20(29)14-6-2-8-16(25)18(14)27/h1-2,5-8,21,24-27H,3-4,9-12H2,(H,22,28)(H,23,29). The smallest absolute Gasteiger partial charge is 0.255 e. The molecule has 7 N–H and O–H groups in total. The Morgan fingerprint density at radius 1 is 0.655 bits per heavy atom. The van der Waals surface area contributed by atoms with E-state index in [9.17, 15) is 30.0 Å². The minimum Gasteiger partial charge on any atom is -0.504 e. The Bertz CT molecular complexity index is 787. The number of amides is 2. The van der Waals surface area contributed by atoms with Crippen molar-refractivity contribution in [1.29, 1.82) is 0 Å². The lowest BCUT2D eigenvalue weighted by molar-refractivity contribution is 0.0942. The van der Waals surface area contributed by atoms with Crippen molar-refractivity contribution in [3.05, 3.63) is 47.5 Å². The summed E-state index contributed by atoms with van der Waals surface area (Å²) in [5.74, 6) is -2.49. The van der Waals surface area contributed by atoms with Gasteiger partial charge < -0.3 is 36.4 Å². The van der Waals surface area contributed by atoms with Crippen LogP contribution >= 0.6 is 0 Å². The summed E-state index contributed by atoms with van der Waals surface area (Å²) >= 11 is 0. The van der Waals surface area contributed by atoms with E-state index in [-0.39, 0.29) is 22.6 Å². The summed E-state index contributed by atoms with van der Waals surface area (Å²) < 4.78 is 0. The van der Waals surface area contributed by atoms with Crippen LogP contribution in [-0.4, -0.2) is 58.4 Å². The first kappa shape index (κ1) is 21.8. The van der Waals surface area contributed by atoms with Crippen LogP contribution in [0.25, 0.3) is 0 Å². The maximum absolute atomic E-state index is 11.9. The molecule has 0 radical (unpaired) electrons. The number of para-hydroxylation sites is 2. The SMILES string of the molecule is O=C(NCCCNCCCNC(=O)c1cccc(O)c1O)c1cccc(O)c1O. The molecule has 29 heavy (non-hydrogen) atoms. The summed E-state index contributed by atoms with van der Waals surface area (Å²) in [5.41, 5.74) is 0.0398. The third-order valence-electron chi connectivity index (χ3n) is 4.15. The Hall–Kier alpha value is -3.46. The number of hydrogen-bond donors (Lipinski definition) is 7. The molecule has 9 nitrogen and oxygen atoms in total. The van der Waals surface area contributed by atoms with Gasteiger partial charge in [-0.25, -0.2) is 0 Å². The number of benzene rings is 2. The zero-order valence-corrected chi connectivity index (χ0v) is 15.8. The van der Waals surface area contributed by atoms with Crippen molar-refractivity contribution >= 4 is 11.8 Å². The lowest BCUT2D eigenvalue weighted by Gasteiger charge is -2.09. The van der Waals surface area contributed by atoms with Gasteiger partial charge in [0.05, 0.1) is 11.1 Å². The van der Waals surface area contributed by atoms with Crippen LogP contribution in [0.2, 0.25) is 0 Å². The Kier molecular flexibility index (Phi) is 8.11. The lowest BCUT2D eigenvalue weighted by Crippen LogP contribution is -2.29. The predicted molar refractivity (Wildman–Crippen MR) is 106 cm³/mol. The second-order valence-electron chi connectivity index (χ2n) is 6.32. The fraction of sp³-hybridized carbons (Fsp3) is 0.300. The monoisotopic (exact) mass is 403 g/mol. The molecule has 0 saturated carbocycles. The highest BCUT2D eigenvalue weighted by Crippen LogP contribution is 2.28. The average Bonchev–Trinajstić information content (AvgIpc) is 2.70. The topological polar surface area (TPSA) is 151 Å². The minimum absolute atomic E-state index is 0.0199. The van der Waals surface area contributed by atoms with Gasteiger partial charge in [-0.1, -0.05) is 12.1 Å². The zero-order valence-electron chi connectivity index (χ0n) is 15.8. The zero-order chi connectivity index (χ0) is 21.2. The van der Waals surface area contributed by atoms with Crippen LogP contribution in [0.3, 0.4) is 0 Å². The van der Waals surface area contributed by atoms with Crippen LogP contribution in [0.4, 0.5) is 0 Å². The van der Waals surface area contributed by atoms with Crippen LogP contribution in [0.15, 0.2) is 36.4 Å². The number of aromatic hydroxyl groups is 4. The normalized spacial score (nSPS) is 10.5. The van der Waals surface area contributed by atoms with Crippen molar-refractivity contribution in [2.24, 2.45) is 0 Å². The van der Waals surface area contributed by atoms with Crippen LogP contribution in [0.1, 0.15) is 33.6 Å². The van der Waals surface area contributed by atoms with E-state index in [4.69, 9.17) is 0 Å². The molecule has 0 atom stereocenters. The maximum atomic E-state index is 11.9. The Morgan fingerprint density at radius 3 is 1.48 bits per heavy atom. The van der Waals surface area contributed by atoms with Crippen LogP contribution < -0.4 is 16.0 Å². The largest absolute Gasteiger partial charge is 0.504 e. The Labute approximate surface area is 168 Å². The van der Waals surface area contributed by atoms with Crippen molar-refractivity contribution in [2.45, 2.75) is 12.8 Å². The highest BCUT2D eigenvalue weighted by Gasteiger charge is 2.14. The first-order chi connectivity index (χ1) is 13.9. The van der Waals surface area contributed by atoms with E-state index < -0.39 is 23.3 Å². The predicted octanol–water partition coefficient (Wildman–Crippen LogP) is 1.04. The number of phenols is 4. The number of carbonyl (C=O) groups excluding carboxylic acids is 2. The molecule has 0 fully saturated rings. The molecule has 156 valence electrons.